The minimum absolute atomic E-state index is 0.814. The van der Waals surface area contributed by atoms with Crippen LogP contribution >= 0.6 is 15.9 Å². The fourth-order valence-electron chi connectivity index (χ4n) is 1.58. The Hall–Kier alpha value is -1.49. The van der Waals surface area contributed by atoms with Gasteiger partial charge in [-0.25, -0.2) is 9.97 Å². The number of halogens is 1. The van der Waals surface area contributed by atoms with Crippen LogP contribution in [-0.4, -0.2) is 21.5 Å². The zero-order valence-electron chi connectivity index (χ0n) is 9.55. The van der Waals surface area contributed by atoms with Gasteiger partial charge in [0.25, 0.3) is 0 Å². The topological polar surface area (TPSA) is 41.9 Å². The van der Waals surface area contributed by atoms with E-state index < -0.39 is 0 Å². The van der Waals surface area contributed by atoms with E-state index in [1.807, 2.05) is 12.1 Å². The molecule has 0 saturated carbocycles. The highest BCUT2D eigenvalue weighted by molar-refractivity contribution is 9.10. The molecule has 88 valence electrons. The molecule has 0 spiro atoms. The van der Waals surface area contributed by atoms with E-state index in [2.05, 4.69) is 42.7 Å². The van der Waals surface area contributed by atoms with Gasteiger partial charge in [-0.3, -0.25) is 4.98 Å². The molecule has 0 aliphatic heterocycles. The third-order valence-corrected chi connectivity index (χ3v) is 3.01. The van der Waals surface area contributed by atoms with E-state index in [1.165, 1.54) is 5.56 Å². The quantitative estimate of drug-likeness (QED) is 0.869. The van der Waals surface area contributed by atoms with E-state index >= 15 is 0 Å². The van der Waals surface area contributed by atoms with Crippen LogP contribution in [0.25, 0.3) is 0 Å². The van der Waals surface area contributed by atoms with E-state index in [4.69, 9.17) is 0 Å². The van der Waals surface area contributed by atoms with Crippen molar-refractivity contribution < 1.29 is 0 Å². The molecule has 0 amide bonds. The van der Waals surface area contributed by atoms with Crippen LogP contribution < -0.4 is 4.90 Å². The van der Waals surface area contributed by atoms with Crippen molar-refractivity contribution in [3.05, 3.63) is 47.1 Å². The first-order valence-electron chi connectivity index (χ1n) is 5.40. The molecular formula is C12H13BrN4. The van der Waals surface area contributed by atoms with Crippen LogP contribution in [0, 0.1) is 0 Å². The maximum Gasteiger partial charge on any atom is 0.146 e. The molecule has 0 unspecified atom stereocenters. The van der Waals surface area contributed by atoms with E-state index in [-0.39, 0.29) is 0 Å². The zero-order chi connectivity index (χ0) is 12.1. The van der Waals surface area contributed by atoms with Crippen molar-refractivity contribution in [2.24, 2.45) is 0 Å². The van der Waals surface area contributed by atoms with Gasteiger partial charge in [0.05, 0.1) is 4.47 Å². The summed E-state index contributed by atoms with van der Waals surface area (Å²) in [5.41, 5.74) is 1.22. The SMILES string of the molecule is CCN(Cc1ccncc1)c1ncncc1Br. The van der Waals surface area contributed by atoms with Gasteiger partial charge in [-0.2, -0.15) is 0 Å². The third kappa shape index (κ3) is 3.00. The first-order chi connectivity index (χ1) is 8.31. The van der Waals surface area contributed by atoms with Crippen LogP contribution in [0.5, 0.6) is 0 Å². The Morgan fingerprint density at radius 1 is 1.24 bits per heavy atom. The van der Waals surface area contributed by atoms with Crippen molar-refractivity contribution in [1.29, 1.82) is 0 Å². The van der Waals surface area contributed by atoms with Gasteiger partial charge < -0.3 is 4.90 Å². The van der Waals surface area contributed by atoms with Gasteiger partial charge in [0.15, 0.2) is 0 Å². The highest BCUT2D eigenvalue weighted by Gasteiger charge is 2.10. The predicted molar refractivity (Wildman–Crippen MR) is 70.7 cm³/mol. The fourth-order valence-corrected chi connectivity index (χ4v) is 2.06. The van der Waals surface area contributed by atoms with E-state index in [1.54, 1.807) is 24.9 Å². The van der Waals surface area contributed by atoms with Crippen molar-refractivity contribution in [1.82, 2.24) is 15.0 Å². The van der Waals surface area contributed by atoms with Crippen molar-refractivity contribution in [3.63, 3.8) is 0 Å². The second-order valence-electron chi connectivity index (χ2n) is 3.56. The van der Waals surface area contributed by atoms with Crippen LogP contribution in [0.1, 0.15) is 12.5 Å². The molecule has 0 bridgehead atoms. The Kier molecular flexibility index (Phi) is 4.03. The molecule has 0 saturated heterocycles. The van der Waals surface area contributed by atoms with Gasteiger partial charge in [-0.1, -0.05) is 0 Å². The van der Waals surface area contributed by atoms with Gasteiger partial charge in [-0.05, 0) is 40.5 Å². The molecule has 2 rings (SSSR count). The van der Waals surface area contributed by atoms with Gasteiger partial charge in [0.2, 0.25) is 0 Å². The Morgan fingerprint density at radius 2 is 2.00 bits per heavy atom. The summed E-state index contributed by atoms with van der Waals surface area (Å²) in [6.45, 7) is 3.81. The Morgan fingerprint density at radius 3 is 2.65 bits per heavy atom. The summed E-state index contributed by atoms with van der Waals surface area (Å²) >= 11 is 3.47. The summed E-state index contributed by atoms with van der Waals surface area (Å²) in [5.74, 6) is 0.916. The predicted octanol–water partition coefficient (Wildman–Crippen LogP) is 2.66. The van der Waals surface area contributed by atoms with Crippen LogP contribution in [0.15, 0.2) is 41.5 Å². The monoisotopic (exact) mass is 292 g/mol. The summed E-state index contributed by atoms with van der Waals surface area (Å²) in [4.78, 5) is 14.5. The molecule has 0 fully saturated rings. The highest BCUT2D eigenvalue weighted by atomic mass is 79.9. The highest BCUT2D eigenvalue weighted by Crippen LogP contribution is 2.23. The second-order valence-corrected chi connectivity index (χ2v) is 4.42. The molecule has 0 aliphatic rings. The standard InChI is InChI=1S/C12H13BrN4/c1-2-17(8-10-3-5-14-6-4-10)12-11(13)7-15-9-16-12/h3-7,9H,2,8H2,1H3. The Bertz CT molecular complexity index is 475. The molecule has 2 aromatic heterocycles. The molecule has 0 aromatic carbocycles. The van der Waals surface area contributed by atoms with Gasteiger partial charge in [0, 0.05) is 31.7 Å². The average molecular weight is 293 g/mol. The second kappa shape index (κ2) is 5.72. The fraction of sp³-hybridized carbons (Fsp3) is 0.250. The first-order valence-corrected chi connectivity index (χ1v) is 6.20. The Balaban J connectivity index is 2.21. The number of pyridine rings is 1. The van der Waals surface area contributed by atoms with E-state index in [0.29, 0.717) is 0 Å². The number of hydrogen-bond acceptors (Lipinski definition) is 4. The van der Waals surface area contributed by atoms with Gasteiger partial charge in [0.1, 0.15) is 12.1 Å². The Labute approximate surface area is 109 Å². The molecule has 4 nitrogen and oxygen atoms in total. The molecule has 5 heteroatoms. The summed E-state index contributed by atoms with van der Waals surface area (Å²) in [7, 11) is 0. The number of hydrogen-bond donors (Lipinski definition) is 0. The molecule has 2 aromatic rings. The lowest BCUT2D eigenvalue weighted by molar-refractivity contribution is 0.805. The van der Waals surface area contributed by atoms with Crippen molar-refractivity contribution in [3.8, 4) is 0 Å². The number of rotatable bonds is 4. The van der Waals surface area contributed by atoms with Gasteiger partial charge >= 0.3 is 0 Å². The van der Waals surface area contributed by atoms with Crippen LogP contribution in [0.4, 0.5) is 5.82 Å². The maximum absolute atomic E-state index is 4.30. The van der Waals surface area contributed by atoms with Crippen LogP contribution in [0.3, 0.4) is 0 Å². The summed E-state index contributed by atoms with van der Waals surface area (Å²) in [5, 5.41) is 0. The smallest absolute Gasteiger partial charge is 0.146 e. The molecule has 2 heterocycles. The summed E-state index contributed by atoms with van der Waals surface area (Å²) < 4.78 is 0.913. The van der Waals surface area contributed by atoms with Gasteiger partial charge in [-0.15, -0.1) is 0 Å². The largest absolute Gasteiger partial charge is 0.352 e. The summed E-state index contributed by atoms with van der Waals surface area (Å²) in [6.07, 6.45) is 6.93. The maximum atomic E-state index is 4.30. The van der Waals surface area contributed by atoms with E-state index in [0.717, 1.165) is 23.4 Å². The molecule has 17 heavy (non-hydrogen) atoms. The lowest BCUT2D eigenvalue weighted by Gasteiger charge is -2.22. The minimum atomic E-state index is 0.814. The molecule has 0 radical (unpaired) electrons. The van der Waals surface area contributed by atoms with Crippen LogP contribution in [0.2, 0.25) is 0 Å². The normalized spacial score (nSPS) is 10.2. The number of aromatic nitrogens is 3. The molecule has 0 atom stereocenters. The first kappa shape index (κ1) is 12.0. The van der Waals surface area contributed by atoms with Crippen molar-refractivity contribution in [2.75, 3.05) is 11.4 Å². The van der Waals surface area contributed by atoms with Crippen LogP contribution in [-0.2, 0) is 6.54 Å². The van der Waals surface area contributed by atoms with Crippen molar-refractivity contribution in [2.45, 2.75) is 13.5 Å². The summed E-state index contributed by atoms with van der Waals surface area (Å²) in [6, 6.07) is 4.02. The molecule has 0 aliphatic carbocycles. The zero-order valence-corrected chi connectivity index (χ0v) is 11.1. The lowest BCUT2D eigenvalue weighted by Crippen LogP contribution is -2.23. The molecular weight excluding hydrogens is 280 g/mol. The third-order valence-electron chi connectivity index (χ3n) is 2.45. The number of anilines is 1. The number of nitrogens with zero attached hydrogens (tertiary/aromatic N) is 4. The lowest BCUT2D eigenvalue weighted by atomic mass is 10.2. The van der Waals surface area contributed by atoms with E-state index in [9.17, 15) is 0 Å². The molecule has 0 N–H and O–H groups in total. The average Bonchev–Trinajstić information content (AvgIpc) is 2.38. The minimum Gasteiger partial charge on any atom is -0.352 e. The van der Waals surface area contributed by atoms with Crippen molar-refractivity contribution >= 4 is 21.7 Å².